The molecule has 66 valence electrons. The van der Waals surface area contributed by atoms with E-state index < -0.39 is 0 Å². The molecule has 3 aliphatic rings. The zero-order valence-corrected chi connectivity index (χ0v) is 7.44. The Kier molecular flexibility index (Phi) is 1.38. The Bertz CT molecular complexity index is 226. The van der Waals surface area contributed by atoms with E-state index in [-0.39, 0.29) is 0 Å². The van der Waals surface area contributed by atoms with Gasteiger partial charge in [0.2, 0.25) is 0 Å². The smallest absolute Gasteiger partial charge is 0.0990 e. The van der Waals surface area contributed by atoms with Gasteiger partial charge in [0.1, 0.15) is 0 Å². The summed E-state index contributed by atoms with van der Waals surface area (Å²) in [5.41, 5.74) is 0. The van der Waals surface area contributed by atoms with Gasteiger partial charge < -0.3 is 4.74 Å². The lowest BCUT2D eigenvalue weighted by molar-refractivity contribution is -0.0731. The van der Waals surface area contributed by atoms with Gasteiger partial charge in [-0.05, 0) is 25.3 Å². The lowest BCUT2D eigenvalue weighted by Gasteiger charge is -2.39. The average molecular weight is 165 g/mol. The highest BCUT2D eigenvalue weighted by Crippen LogP contribution is 2.47. The SMILES string of the molecule is CN1COC[C@H]2[C@@H]1[C@@H]1C=C[C@H]2C1. The number of ether oxygens (including phenoxy) is 1. The van der Waals surface area contributed by atoms with Gasteiger partial charge in [-0.1, -0.05) is 12.2 Å². The summed E-state index contributed by atoms with van der Waals surface area (Å²) < 4.78 is 5.54. The summed E-state index contributed by atoms with van der Waals surface area (Å²) >= 11 is 0. The highest BCUT2D eigenvalue weighted by atomic mass is 16.5. The van der Waals surface area contributed by atoms with Crippen molar-refractivity contribution in [1.82, 2.24) is 4.90 Å². The van der Waals surface area contributed by atoms with E-state index in [9.17, 15) is 0 Å². The molecule has 2 bridgehead atoms. The van der Waals surface area contributed by atoms with Crippen molar-refractivity contribution < 1.29 is 4.74 Å². The first-order valence-electron chi connectivity index (χ1n) is 4.82. The molecule has 2 heteroatoms. The third-order valence-corrected chi connectivity index (χ3v) is 3.69. The van der Waals surface area contributed by atoms with Crippen molar-refractivity contribution in [1.29, 1.82) is 0 Å². The van der Waals surface area contributed by atoms with Gasteiger partial charge in [0, 0.05) is 12.0 Å². The topological polar surface area (TPSA) is 12.5 Å². The molecule has 0 radical (unpaired) electrons. The number of hydrogen-bond donors (Lipinski definition) is 0. The van der Waals surface area contributed by atoms with Crippen LogP contribution < -0.4 is 0 Å². The van der Waals surface area contributed by atoms with Crippen molar-refractivity contribution in [2.75, 3.05) is 20.4 Å². The van der Waals surface area contributed by atoms with Crippen molar-refractivity contribution in [3.05, 3.63) is 12.2 Å². The van der Waals surface area contributed by atoms with Crippen LogP contribution in [0.25, 0.3) is 0 Å². The van der Waals surface area contributed by atoms with Crippen molar-refractivity contribution >= 4 is 0 Å². The second kappa shape index (κ2) is 2.33. The Labute approximate surface area is 73.2 Å². The summed E-state index contributed by atoms with van der Waals surface area (Å²) in [5, 5.41) is 0. The molecule has 1 aliphatic heterocycles. The van der Waals surface area contributed by atoms with Gasteiger partial charge in [-0.2, -0.15) is 0 Å². The van der Waals surface area contributed by atoms with E-state index in [0.717, 1.165) is 37.1 Å². The minimum absolute atomic E-state index is 0.786. The van der Waals surface area contributed by atoms with E-state index in [0.29, 0.717) is 0 Å². The van der Waals surface area contributed by atoms with Crippen LogP contribution in [0.4, 0.5) is 0 Å². The van der Waals surface area contributed by atoms with Gasteiger partial charge in [0.05, 0.1) is 13.3 Å². The van der Waals surface area contributed by atoms with Crippen LogP contribution in [0.1, 0.15) is 6.42 Å². The molecule has 2 fully saturated rings. The third-order valence-electron chi connectivity index (χ3n) is 3.69. The predicted molar refractivity (Wildman–Crippen MR) is 46.6 cm³/mol. The van der Waals surface area contributed by atoms with Crippen molar-refractivity contribution in [3.63, 3.8) is 0 Å². The van der Waals surface area contributed by atoms with Crippen LogP contribution in [0.2, 0.25) is 0 Å². The molecule has 0 amide bonds. The molecule has 1 saturated heterocycles. The Hall–Kier alpha value is -0.340. The molecule has 2 nitrogen and oxygen atoms in total. The fourth-order valence-electron chi connectivity index (χ4n) is 3.19. The number of rotatable bonds is 0. The summed E-state index contributed by atoms with van der Waals surface area (Å²) in [7, 11) is 2.19. The Morgan fingerprint density at radius 2 is 2.17 bits per heavy atom. The monoisotopic (exact) mass is 165 g/mol. The highest BCUT2D eigenvalue weighted by Gasteiger charge is 2.47. The number of nitrogens with zero attached hydrogens (tertiary/aromatic N) is 1. The van der Waals surface area contributed by atoms with Crippen molar-refractivity contribution in [2.24, 2.45) is 17.8 Å². The standard InChI is InChI=1S/C10H15NO/c1-11-6-12-5-9-7-2-3-8(4-7)10(9)11/h2-3,7-10H,4-6H2,1H3/t7-,8+,9+,10-/m0/s1. The zero-order chi connectivity index (χ0) is 8.13. The largest absolute Gasteiger partial charge is 0.366 e. The van der Waals surface area contributed by atoms with Crippen molar-refractivity contribution in [3.8, 4) is 0 Å². The first-order valence-corrected chi connectivity index (χ1v) is 4.82. The molecular weight excluding hydrogens is 150 g/mol. The Balaban J connectivity index is 1.92. The molecule has 1 heterocycles. The second-order valence-electron chi connectivity index (χ2n) is 4.36. The van der Waals surface area contributed by atoms with E-state index >= 15 is 0 Å². The molecule has 4 atom stereocenters. The van der Waals surface area contributed by atoms with Crippen LogP contribution in [-0.2, 0) is 4.74 Å². The third kappa shape index (κ3) is 0.771. The minimum Gasteiger partial charge on any atom is -0.366 e. The fraction of sp³-hybridized carbons (Fsp3) is 0.800. The van der Waals surface area contributed by atoms with E-state index in [1.54, 1.807) is 0 Å². The van der Waals surface area contributed by atoms with Gasteiger partial charge in [0.15, 0.2) is 0 Å². The quantitative estimate of drug-likeness (QED) is 0.498. The molecule has 0 aromatic heterocycles. The summed E-state index contributed by atoms with van der Waals surface area (Å²) in [6.07, 6.45) is 6.19. The zero-order valence-electron chi connectivity index (χ0n) is 7.44. The Morgan fingerprint density at radius 1 is 1.33 bits per heavy atom. The lowest BCUT2D eigenvalue weighted by atomic mass is 9.88. The first kappa shape index (κ1) is 7.10. The fourth-order valence-corrected chi connectivity index (χ4v) is 3.19. The van der Waals surface area contributed by atoms with Crippen LogP contribution in [0, 0.1) is 17.8 Å². The summed E-state index contributed by atoms with van der Waals surface area (Å²) in [6, 6.07) is 0.786. The van der Waals surface area contributed by atoms with Crippen molar-refractivity contribution in [2.45, 2.75) is 12.5 Å². The van der Waals surface area contributed by atoms with Gasteiger partial charge >= 0.3 is 0 Å². The van der Waals surface area contributed by atoms with E-state index in [2.05, 4.69) is 24.1 Å². The molecule has 1 saturated carbocycles. The number of hydrogen-bond acceptors (Lipinski definition) is 2. The van der Waals surface area contributed by atoms with Crippen LogP contribution >= 0.6 is 0 Å². The van der Waals surface area contributed by atoms with Gasteiger partial charge in [0.25, 0.3) is 0 Å². The second-order valence-corrected chi connectivity index (χ2v) is 4.36. The number of allylic oxidation sites excluding steroid dienone is 1. The van der Waals surface area contributed by atoms with Crippen LogP contribution in [-0.4, -0.2) is 31.3 Å². The number of fused-ring (bicyclic) bond motifs is 5. The highest BCUT2D eigenvalue weighted by molar-refractivity contribution is 5.16. The normalized spacial score (nSPS) is 51.4. The molecule has 0 unspecified atom stereocenters. The average Bonchev–Trinajstić information content (AvgIpc) is 2.64. The lowest BCUT2D eigenvalue weighted by Crippen LogP contribution is -2.48. The molecule has 0 aromatic rings. The maximum absolute atomic E-state index is 5.54. The van der Waals surface area contributed by atoms with E-state index in [1.165, 1.54) is 6.42 Å². The van der Waals surface area contributed by atoms with Crippen LogP contribution in [0.5, 0.6) is 0 Å². The van der Waals surface area contributed by atoms with Crippen LogP contribution in [0.3, 0.4) is 0 Å². The minimum atomic E-state index is 0.786. The van der Waals surface area contributed by atoms with E-state index in [1.807, 2.05) is 0 Å². The van der Waals surface area contributed by atoms with Crippen LogP contribution in [0.15, 0.2) is 12.2 Å². The molecule has 12 heavy (non-hydrogen) atoms. The molecule has 2 aliphatic carbocycles. The molecule has 0 spiro atoms. The van der Waals surface area contributed by atoms with Gasteiger partial charge in [-0.15, -0.1) is 0 Å². The first-order chi connectivity index (χ1) is 5.86. The van der Waals surface area contributed by atoms with Gasteiger partial charge in [-0.3, -0.25) is 4.90 Å². The predicted octanol–water partition coefficient (Wildman–Crippen LogP) is 1.10. The molecule has 3 rings (SSSR count). The van der Waals surface area contributed by atoms with E-state index in [4.69, 9.17) is 4.74 Å². The maximum atomic E-state index is 5.54. The summed E-state index contributed by atoms with van der Waals surface area (Å²) in [6.45, 7) is 1.82. The summed E-state index contributed by atoms with van der Waals surface area (Å²) in [4.78, 5) is 2.38. The van der Waals surface area contributed by atoms with Gasteiger partial charge in [-0.25, -0.2) is 0 Å². The Morgan fingerprint density at radius 3 is 3.00 bits per heavy atom. The molecule has 0 N–H and O–H groups in total. The molecule has 0 aromatic carbocycles. The maximum Gasteiger partial charge on any atom is 0.0990 e. The summed E-state index contributed by atoms with van der Waals surface area (Å²) in [5.74, 6) is 2.44. The molecular formula is C10H15NO.